The Kier molecular flexibility index (Phi) is 4.01. The lowest BCUT2D eigenvalue weighted by Gasteiger charge is -2.39. The van der Waals surface area contributed by atoms with E-state index in [4.69, 9.17) is 0 Å². The van der Waals surface area contributed by atoms with Crippen LogP contribution in [0.3, 0.4) is 0 Å². The van der Waals surface area contributed by atoms with Gasteiger partial charge in [0, 0.05) is 13.1 Å². The van der Waals surface area contributed by atoms with Gasteiger partial charge in [-0.3, -0.25) is 0 Å². The molecule has 1 aliphatic heterocycles. The molecule has 1 saturated heterocycles. The molecule has 1 unspecified atom stereocenters. The Morgan fingerprint density at radius 2 is 2.05 bits per heavy atom. The average molecular weight is 285 g/mol. The van der Waals surface area contributed by atoms with Crippen LogP contribution in [0.5, 0.6) is 0 Å². The minimum absolute atomic E-state index is 0.157. The second-order valence-electron chi connectivity index (χ2n) is 5.24. The number of amides is 3. The maximum Gasteiger partial charge on any atom is 0.407 e. The number of methoxy groups -OCH3 is 1. The number of urea groups is 1. The molecule has 1 atom stereocenters. The number of rotatable bonds is 3. The van der Waals surface area contributed by atoms with Crippen molar-refractivity contribution in [3.63, 3.8) is 0 Å². The molecule has 2 rings (SSSR count). The third-order valence-corrected chi connectivity index (χ3v) is 3.95. The van der Waals surface area contributed by atoms with E-state index in [2.05, 4.69) is 15.4 Å². The van der Waals surface area contributed by atoms with Crippen LogP contribution in [0.2, 0.25) is 0 Å². The van der Waals surface area contributed by atoms with E-state index < -0.39 is 17.6 Å². The van der Waals surface area contributed by atoms with E-state index in [9.17, 15) is 19.5 Å². The number of ether oxygens (including phenoxy) is 1. The molecule has 0 aromatic carbocycles. The Morgan fingerprint density at radius 3 is 2.55 bits per heavy atom. The summed E-state index contributed by atoms with van der Waals surface area (Å²) in [7, 11) is 1.28. The number of hydrogen-bond acceptors (Lipinski definition) is 4. The summed E-state index contributed by atoms with van der Waals surface area (Å²) in [5, 5.41) is 14.4. The minimum atomic E-state index is -1.11. The van der Waals surface area contributed by atoms with Crippen molar-refractivity contribution >= 4 is 18.1 Å². The molecule has 2 fully saturated rings. The fourth-order valence-corrected chi connectivity index (χ4v) is 2.49. The van der Waals surface area contributed by atoms with E-state index in [1.807, 2.05) is 0 Å². The molecule has 1 aliphatic carbocycles. The Bertz CT molecular complexity index is 421. The predicted molar refractivity (Wildman–Crippen MR) is 68.3 cm³/mol. The molecule has 0 aromatic rings. The zero-order valence-electron chi connectivity index (χ0n) is 11.3. The molecular formula is C12H19N3O5. The van der Waals surface area contributed by atoms with Gasteiger partial charge in [-0.1, -0.05) is 0 Å². The topological polar surface area (TPSA) is 108 Å². The summed E-state index contributed by atoms with van der Waals surface area (Å²) in [5.74, 6) is -0.986. The molecule has 0 bridgehead atoms. The molecule has 20 heavy (non-hydrogen) atoms. The van der Waals surface area contributed by atoms with Crippen molar-refractivity contribution < 1.29 is 24.2 Å². The summed E-state index contributed by atoms with van der Waals surface area (Å²) in [6, 6.07) is -0.545. The van der Waals surface area contributed by atoms with Crippen molar-refractivity contribution in [1.29, 1.82) is 0 Å². The van der Waals surface area contributed by atoms with Gasteiger partial charge >= 0.3 is 18.1 Å². The highest BCUT2D eigenvalue weighted by atomic mass is 16.5. The number of hydrogen-bond donors (Lipinski definition) is 3. The van der Waals surface area contributed by atoms with Crippen LogP contribution in [0.15, 0.2) is 0 Å². The second kappa shape index (κ2) is 5.56. The summed E-state index contributed by atoms with van der Waals surface area (Å²) in [4.78, 5) is 35.9. The maximum absolute atomic E-state index is 12.1. The van der Waals surface area contributed by atoms with Crippen LogP contribution < -0.4 is 10.6 Å². The first-order chi connectivity index (χ1) is 9.47. The fraction of sp³-hybridized carbons (Fsp3) is 0.750. The number of carbonyl (C=O) groups excluding carboxylic acids is 2. The van der Waals surface area contributed by atoms with Gasteiger partial charge in [0.1, 0.15) is 5.54 Å². The highest BCUT2D eigenvalue weighted by Gasteiger charge is 2.46. The van der Waals surface area contributed by atoms with Crippen LogP contribution in [0.1, 0.15) is 25.7 Å². The molecule has 8 nitrogen and oxygen atoms in total. The van der Waals surface area contributed by atoms with Gasteiger partial charge in [-0.2, -0.15) is 0 Å². The van der Waals surface area contributed by atoms with E-state index in [0.717, 1.165) is 6.42 Å². The number of aliphatic carboxylic acids is 1. The van der Waals surface area contributed by atoms with Gasteiger partial charge in [0.2, 0.25) is 0 Å². The van der Waals surface area contributed by atoms with Crippen molar-refractivity contribution in [2.45, 2.75) is 37.3 Å². The Labute approximate surface area is 116 Å². The molecule has 1 heterocycles. The van der Waals surface area contributed by atoms with Crippen LogP contribution in [-0.4, -0.2) is 59.9 Å². The molecule has 2 aliphatic rings. The summed E-state index contributed by atoms with van der Waals surface area (Å²) >= 11 is 0. The quantitative estimate of drug-likeness (QED) is 0.683. The molecule has 1 saturated carbocycles. The van der Waals surface area contributed by atoms with E-state index in [0.29, 0.717) is 32.4 Å². The molecule has 3 N–H and O–H groups in total. The third-order valence-electron chi connectivity index (χ3n) is 3.95. The van der Waals surface area contributed by atoms with Gasteiger partial charge in [-0.05, 0) is 25.7 Å². The Hall–Kier alpha value is -1.99. The number of alkyl carbamates (subject to hydrolysis) is 1. The maximum atomic E-state index is 12.1. The monoisotopic (exact) mass is 285 g/mol. The largest absolute Gasteiger partial charge is 0.480 e. The standard InChI is InChI=1S/C12H19N3O5/c1-20-11(19)13-8-3-6-15(7-8)10(18)14-12(9(16)17)4-2-5-12/h8H,2-7H2,1H3,(H,13,19)(H,14,18)(H,16,17). The number of carboxylic acid groups (broad SMARTS) is 1. The lowest BCUT2D eigenvalue weighted by atomic mass is 9.77. The first-order valence-electron chi connectivity index (χ1n) is 6.62. The van der Waals surface area contributed by atoms with Crippen LogP contribution in [0, 0.1) is 0 Å². The van der Waals surface area contributed by atoms with E-state index in [1.54, 1.807) is 0 Å². The van der Waals surface area contributed by atoms with Crippen molar-refractivity contribution in [2.24, 2.45) is 0 Å². The van der Waals surface area contributed by atoms with E-state index in [1.165, 1.54) is 12.0 Å². The third kappa shape index (κ3) is 2.78. The van der Waals surface area contributed by atoms with Crippen LogP contribution >= 0.6 is 0 Å². The highest BCUT2D eigenvalue weighted by molar-refractivity contribution is 5.87. The molecule has 8 heteroatoms. The Balaban J connectivity index is 1.85. The smallest absolute Gasteiger partial charge is 0.407 e. The van der Waals surface area contributed by atoms with Crippen molar-refractivity contribution in [3.8, 4) is 0 Å². The summed E-state index contributed by atoms with van der Waals surface area (Å²) in [5.41, 5.74) is -1.11. The van der Waals surface area contributed by atoms with Crippen molar-refractivity contribution in [1.82, 2.24) is 15.5 Å². The van der Waals surface area contributed by atoms with Gasteiger partial charge in [0.05, 0.1) is 13.2 Å². The first-order valence-corrected chi connectivity index (χ1v) is 6.62. The van der Waals surface area contributed by atoms with Crippen LogP contribution in [0.25, 0.3) is 0 Å². The van der Waals surface area contributed by atoms with Crippen LogP contribution in [0.4, 0.5) is 9.59 Å². The van der Waals surface area contributed by atoms with E-state index in [-0.39, 0.29) is 12.1 Å². The predicted octanol–water partition coefficient (Wildman–Crippen LogP) is 0.134. The molecular weight excluding hydrogens is 266 g/mol. The normalized spacial score (nSPS) is 23.6. The number of carbonyl (C=O) groups is 3. The summed E-state index contributed by atoms with van der Waals surface area (Å²) in [6.07, 6.45) is 1.83. The number of nitrogens with one attached hydrogen (secondary N) is 2. The van der Waals surface area contributed by atoms with Crippen molar-refractivity contribution in [3.05, 3.63) is 0 Å². The number of likely N-dealkylation sites (tertiary alicyclic amines) is 1. The number of carboxylic acids is 1. The highest BCUT2D eigenvalue weighted by Crippen LogP contribution is 2.32. The fourth-order valence-electron chi connectivity index (χ4n) is 2.49. The second-order valence-corrected chi connectivity index (χ2v) is 5.24. The van der Waals surface area contributed by atoms with Gasteiger partial charge in [0.25, 0.3) is 0 Å². The van der Waals surface area contributed by atoms with Gasteiger partial charge in [-0.15, -0.1) is 0 Å². The minimum Gasteiger partial charge on any atom is -0.480 e. The molecule has 0 radical (unpaired) electrons. The summed E-state index contributed by atoms with van der Waals surface area (Å²) in [6.45, 7) is 0.840. The molecule has 0 aromatic heterocycles. The molecule has 3 amide bonds. The lowest BCUT2D eigenvalue weighted by molar-refractivity contribution is -0.148. The zero-order valence-corrected chi connectivity index (χ0v) is 11.3. The lowest BCUT2D eigenvalue weighted by Crippen LogP contribution is -2.61. The number of nitrogens with zero attached hydrogens (tertiary/aromatic N) is 1. The van der Waals surface area contributed by atoms with Crippen molar-refractivity contribution in [2.75, 3.05) is 20.2 Å². The summed E-state index contributed by atoms with van der Waals surface area (Å²) < 4.78 is 4.50. The SMILES string of the molecule is COC(=O)NC1CCN(C(=O)NC2(C(=O)O)CCC2)C1. The zero-order chi connectivity index (χ0) is 14.8. The van der Waals surface area contributed by atoms with Gasteiger partial charge in [0.15, 0.2) is 0 Å². The van der Waals surface area contributed by atoms with Gasteiger partial charge < -0.3 is 25.4 Å². The van der Waals surface area contributed by atoms with Gasteiger partial charge in [-0.25, -0.2) is 14.4 Å². The molecule has 0 spiro atoms. The van der Waals surface area contributed by atoms with E-state index >= 15 is 0 Å². The Morgan fingerprint density at radius 1 is 1.35 bits per heavy atom. The average Bonchev–Trinajstić information content (AvgIpc) is 2.81. The first kappa shape index (κ1) is 14.4. The molecule has 112 valence electrons. The van der Waals surface area contributed by atoms with Crippen LogP contribution in [-0.2, 0) is 9.53 Å².